The molecule has 78 valence electrons. The summed E-state index contributed by atoms with van der Waals surface area (Å²) in [7, 11) is 0. The van der Waals surface area contributed by atoms with Crippen molar-refractivity contribution in [3.05, 3.63) is 54.6 Å². The predicted molar refractivity (Wildman–Crippen MR) is 67.9 cm³/mol. The maximum atomic E-state index is 11.3. The molecule has 0 N–H and O–H groups in total. The van der Waals surface area contributed by atoms with Gasteiger partial charge in [0.15, 0.2) is 0 Å². The SMILES string of the molecule is O=c1ccc2cc3ccc(=O)[se]c3cc2[se]1. The number of hydrogen-bond acceptors (Lipinski definition) is 2. The van der Waals surface area contributed by atoms with Gasteiger partial charge < -0.3 is 0 Å². The summed E-state index contributed by atoms with van der Waals surface area (Å²) < 4.78 is 2.63. The van der Waals surface area contributed by atoms with Gasteiger partial charge in [0.2, 0.25) is 0 Å². The fraction of sp³-hybridized carbons (Fsp3) is 0. The summed E-state index contributed by atoms with van der Waals surface area (Å²) in [6.45, 7) is 0. The van der Waals surface area contributed by atoms with E-state index >= 15 is 0 Å². The van der Waals surface area contributed by atoms with E-state index in [4.69, 9.17) is 0 Å². The van der Waals surface area contributed by atoms with Crippen molar-refractivity contribution in [1.29, 1.82) is 0 Å². The zero-order valence-electron chi connectivity index (χ0n) is 8.10. The van der Waals surface area contributed by atoms with E-state index in [-0.39, 0.29) is 37.6 Å². The first-order chi connectivity index (χ1) is 7.72. The van der Waals surface area contributed by atoms with E-state index in [2.05, 4.69) is 6.07 Å². The van der Waals surface area contributed by atoms with Crippen molar-refractivity contribution in [3.8, 4) is 0 Å². The molecule has 0 aliphatic rings. The van der Waals surface area contributed by atoms with Crippen molar-refractivity contribution in [2.24, 2.45) is 0 Å². The van der Waals surface area contributed by atoms with Crippen LogP contribution in [0.2, 0.25) is 0 Å². The number of fused-ring (bicyclic) bond motifs is 2. The molecule has 4 heteroatoms. The fourth-order valence-corrected chi connectivity index (χ4v) is 5.26. The molecule has 0 radical (unpaired) electrons. The van der Waals surface area contributed by atoms with Crippen LogP contribution in [0.15, 0.2) is 46.0 Å². The summed E-state index contributed by atoms with van der Waals surface area (Å²) in [6, 6.07) is 11.2. The fourth-order valence-electron chi connectivity index (χ4n) is 1.63. The van der Waals surface area contributed by atoms with Crippen molar-refractivity contribution >= 4 is 48.3 Å². The summed E-state index contributed by atoms with van der Waals surface area (Å²) in [6.07, 6.45) is 0. The molecule has 2 aromatic heterocycles. The van der Waals surface area contributed by atoms with Gasteiger partial charge in [0.25, 0.3) is 0 Å². The number of rotatable bonds is 0. The van der Waals surface area contributed by atoms with Crippen LogP contribution in [0.4, 0.5) is 0 Å². The van der Waals surface area contributed by atoms with Crippen molar-refractivity contribution in [2.75, 3.05) is 0 Å². The molecule has 3 aromatic rings. The molecule has 0 atom stereocenters. The Labute approximate surface area is 103 Å². The van der Waals surface area contributed by atoms with Crippen molar-refractivity contribution < 1.29 is 0 Å². The minimum absolute atomic E-state index is 0.112. The molecule has 0 aliphatic carbocycles. The van der Waals surface area contributed by atoms with Crippen LogP contribution >= 0.6 is 0 Å². The molecule has 0 bridgehead atoms. The minimum atomic E-state index is -0.112. The van der Waals surface area contributed by atoms with Gasteiger partial charge in [-0.15, -0.1) is 0 Å². The standard InChI is InChI=1S/C12H6O2Se2/c13-11-3-1-7-5-8-2-4-12(14)16-10(8)6-9(7)15-11/h1-6H. The molecule has 1 aromatic carbocycles. The van der Waals surface area contributed by atoms with Crippen LogP contribution in [0, 0.1) is 0 Å². The molecule has 0 aliphatic heterocycles. The Morgan fingerprint density at radius 2 is 1.19 bits per heavy atom. The van der Waals surface area contributed by atoms with Gasteiger partial charge in [-0.05, 0) is 0 Å². The molecule has 0 spiro atoms. The first-order valence-corrected chi connectivity index (χ1v) is 8.13. The third kappa shape index (κ3) is 1.74. The summed E-state index contributed by atoms with van der Waals surface area (Å²) in [5, 5.41) is 2.27. The van der Waals surface area contributed by atoms with Crippen LogP contribution in [0.1, 0.15) is 0 Å². The maximum absolute atomic E-state index is 11.3. The van der Waals surface area contributed by atoms with E-state index in [1.54, 1.807) is 12.1 Å². The van der Waals surface area contributed by atoms with Crippen molar-refractivity contribution in [2.45, 2.75) is 0 Å². The van der Waals surface area contributed by atoms with Crippen LogP contribution in [0.5, 0.6) is 0 Å². The van der Waals surface area contributed by atoms with Gasteiger partial charge in [0.05, 0.1) is 0 Å². The number of hydrogen-bond donors (Lipinski definition) is 0. The molecule has 0 amide bonds. The second-order valence-corrected chi connectivity index (χ2v) is 7.83. The first-order valence-electron chi connectivity index (χ1n) is 4.70. The Kier molecular flexibility index (Phi) is 2.45. The zero-order chi connectivity index (χ0) is 11.1. The topological polar surface area (TPSA) is 34.1 Å². The van der Waals surface area contributed by atoms with Crippen molar-refractivity contribution in [3.63, 3.8) is 0 Å². The van der Waals surface area contributed by atoms with Gasteiger partial charge in [0, 0.05) is 0 Å². The van der Waals surface area contributed by atoms with Crippen molar-refractivity contribution in [1.82, 2.24) is 0 Å². The molecule has 2 nitrogen and oxygen atoms in total. The summed E-state index contributed by atoms with van der Waals surface area (Å²) in [5.41, 5.74) is 0. The van der Waals surface area contributed by atoms with Gasteiger partial charge in [-0.3, -0.25) is 0 Å². The molecule has 3 rings (SSSR count). The molecule has 0 unspecified atom stereocenters. The van der Waals surface area contributed by atoms with E-state index in [1.807, 2.05) is 18.2 Å². The molecule has 0 fully saturated rings. The third-order valence-electron chi connectivity index (χ3n) is 2.36. The monoisotopic (exact) mass is 342 g/mol. The van der Waals surface area contributed by atoms with Crippen LogP contribution in [0.25, 0.3) is 19.3 Å². The Morgan fingerprint density at radius 1 is 0.688 bits per heavy atom. The van der Waals surface area contributed by atoms with Crippen LogP contribution < -0.4 is 8.61 Å². The number of benzene rings is 1. The Balaban J connectivity index is 2.53. The first kappa shape index (κ1) is 10.2. The second-order valence-electron chi connectivity index (χ2n) is 3.44. The molecular formula is C12H6O2Se2. The van der Waals surface area contributed by atoms with Gasteiger partial charge in [0.1, 0.15) is 0 Å². The van der Waals surface area contributed by atoms with Crippen LogP contribution in [-0.4, -0.2) is 29.0 Å². The summed E-state index contributed by atoms with van der Waals surface area (Å²) in [4.78, 5) is 22.6. The Hall–Kier alpha value is -0.921. The normalized spacial score (nSPS) is 11.0. The molecule has 16 heavy (non-hydrogen) atoms. The Morgan fingerprint density at radius 3 is 1.69 bits per heavy atom. The van der Waals surface area contributed by atoms with E-state index in [1.165, 1.54) is 0 Å². The predicted octanol–water partition coefficient (Wildman–Crippen LogP) is 0.827. The van der Waals surface area contributed by atoms with E-state index < -0.39 is 0 Å². The van der Waals surface area contributed by atoms with E-state index in [9.17, 15) is 9.59 Å². The van der Waals surface area contributed by atoms with Crippen LogP contribution in [0.3, 0.4) is 0 Å². The van der Waals surface area contributed by atoms with Gasteiger partial charge in [-0.25, -0.2) is 0 Å². The second kappa shape index (κ2) is 3.83. The van der Waals surface area contributed by atoms with Gasteiger partial charge in [-0.1, -0.05) is 0 Å². The summed E-state index contributed by atoms with van der Waals surface area (Å²) in [5.74, 6) is 0. The third-order valence-corrected chi connectivity index (χ3v) is 6.18. The molecule has 2 heterocycles. The Bertz CT molecular complexity index is 734. The zero-order valence-corrected chi connectivity index (χ0v) is 11.5. The summed E-state index contributed by atoms with van der Waals surface area (Å²) >= 11 is -0.223. The van der Waals surface area contributed by atoms with E-state index in [0.717, 1.165) is 19.3 Å². The van der Waals surface area contributed by atoms with Crippen LogP contribution in [-0.2, 0) is 0 Å². The quantitative estimate of drug-likeness (QED) is 0.449. The molecule has 0 saturated carbocycles. The van der Waals surface area contributed by atoms with Gasteiger partial charge >= 0.3 is 103 Å². The molecular weight excluding hydrogens is 334 g/mol. The van der Waals surface area contributed by atoms with Gasteiger partial charge in [-0.2, -0.15) is 0 Å². The molecule has 0 saturated heterocycles. The van der Waals surface area contributed by atoms with E-state index in [0.29, 0.717) is 0 Å². The average Bonchev–Trinajstić information content (AvgIpc) is 2.26. The average molecular weight is 340 g/mol.